The number of ether oxygens (including phenoxy) is 2. The molecule has 1 aliphatic heterocycles. The number of carbonyl (C=O) groups excluding carboxylic acids is 2. The van der Waals surface area contributed by atoms with Gasteiger partial charge < -0.3 is 9.47 Å². The van der Waals surface area contributed by atoms with Gasteiger partial charge in [0, 0.05) is 6.54 Å². The van der Waals surface area contributed by atoms with Gasteiger partial charge in [-0.15, -0.1) is 0 Å². The quantitative estimate of drug-likeness (QED) is 0.527. The first kappa shape index (κ1) is 15.8. The molecule has 1 amide bonds. The lowest BCUT2D eigenvalue weighted by Crippen LogP contribution is -2.41. The van der Waals surface area contributed by atoms with Crippen molar-refractivity contribution in [3.05, 3.63) is 0 Å². The molecule has 0 bridgehead atoms. The van der Waals surface area contributed by atoms with E-state index in [-0.39, 0.29) is 12.1 Å². The van der Waals surface area contributed by atoms with Gasteiger partial charge in [0.2, 0.25) is 0 Å². The maximum absolute atomic E-state index is 11.9. The maximum Gasteiger partial charge on any atom is 0.410 e. The van der Waals surface area contributed by atoms with Gasteiger partial charge in [-0.2, -0.15) is 0 Å². The molecule has 1 heterocycles. The minimum Gasteiger partial charge on any atom is -0.464 e. The molecule has 0 N–H and O–H groups in total. The summed E-state index contributed by atoms with van der Waals surface area (Å²) < 4.78 is 10.3. The van der Waals surface area contributed by atoms with E-state index in [1.54, 1.807) is 0 Å². The highest BCUT2D eigenvalue weighted by molar-refractivity contribution is 5.82. The molecule has 5 heteroatoms. The van der Waals surface area contributed by atoms with Crippen LogP contribution in [0.3, 0.4) is 0 Å². The summed E-state index contributed by atoms with van der Waals surface area (Å²) in [7, 11) is 0. The Hall–Kier alpha value is -1.26. The monoisotopic (exact) mass is 271 g/mol. The molecule has 110 valence electrons. The summed E-state index contributed by atoms with van der Waals surface area (Å²) in [6, 6.07) is -0.453. The lowest BCUT2D eigenvalue weighted by atomic mass is 10.2. The highest BCUT2D eigenvalue weighted by atomic mass is 16.6. The van der Waals surface area contributed by atoms with Crippen LogP contribution in [0.5, 0.6) is 0 Å². The second-order valence-electron chi connectivity index (χ2n) is 4.84. The lowest BCUT2D eigenvalue weighted by Gasteiger charge is -2.22. The zero-order valence-electron chi connectivity index (χ0n) is 12.0. The molecule has 19 heavy (non-hydrogen) atoms. The molecule has 0 aromatic heterocycles. The van der Waals surface area contributed by atoms with E-state index in [1.165, 1.54) is 4.90 Å². The number of carbonyl (C=O) groups is 2. The fourth-order valence-electron chi connectivity index (χ4n) is 2.03. The summed E-state index contributed by atoms with van der Waals surface area (Å²) in [6.45, 7) is 5.52. The third kappa shape index (κ3) is 5.09. The molecule has 1 aliphatic rings. The molecular weight excluding hydrogens is 246 g/mol. The van der Waals surface area contributed by atoms with E-state index >= 15 is 0 Å². The Balaban J connectivity index is 2.39. The highest BCUT2D eigenvalue weighted by Gasteiger charge is 2.36. The van der Waals surface area contributed by atoms with Crippen molar-refractivity contribution in [3.8, 4) is 0 Å². The fraction of sp³-hybridized carbons (Fsp3) is 0.857. The third-order valence-electron chi connectivity index (χ3n) is 3.23. The van der Waals surface area contributed by atoms with Crippen LogP contribution in [0.2, 0.25) is 0 Å². The van der Waals surface area contributed by atoms with Crippen LogP contribution in [-0.2, 0) is 14.3 Å². The molecule has 1 atom stereocenters. The van der Waals surface area contributed by atoms with Crippen LogP contribution in [0.25, 0.3) is 0 Å². The number of hydrogen-bond donors (Lipinski definition) is 0. The molecule has 0 aromatic rings. The zero-order chi connectivity index (χ0) is 14.1. The number of unbranched alkanes of at least 4 members (excludes halogenated alkanes) is 2. The van der Waals surface area contributed by atoms with Gasteiger partial charge >= 0.3 is 12.1 Å². The molecule has 0 aliphatic carbocycles. The first-order valence-corrected chi connectivity index (χ1v) is 7.30. The number of rotatable bonds is 7. The van der Waals surface area contributed by atoms with Crippen LogP contribution in [0.4, 0.5) is 4.79 Å². The van der Waals surface area contributed by atoms with E-state index in [9.17, 15) is 9.59 Å². The van der Waals surface area contributed by atoms with Crippen molar-refractivity contribution in [2.45, 2.75) is 58.4 Å². The number of amides is 1. The average molecular weight is 271 g/mol. The van der Waals surface area contributed by atoms with Gasteiger partial charge in [0.15, 0.2) is 0 Å². The molecule has 1 fully saturated rings. The van der Waals surface area contributed by atoms with Gasteiger partial charge in [-0.3, -0.25) is 4.90 Å². The normalized spacial score (nSPS) is 18.4. The van der Waals surface area contributed by atoms with E-state index in [0.29, 0.717) is 26.2 Å². The number of esters is 1. The predicted octanol–water partition coefficient (Wildman–Crippen LogP) is 2.73. The van der Waals surface area contributed by atoms with Crippen molar-refractivity contribution >= 4 is 12.1 Å². The topological polar surface area (TPSA) is 55.8 Å². The molecule has 1 rings (SSSR count). The van der Waals surface area contributed by atoms with Crippen molar-refractivity contribution in [1.29, 1.82) is 0 Å². The molecule has 0 aromatic carbocycles. The maximum atomic E-state index is 11.9. The largest absolute Gasteiger partial charge is 0.464 e. The Labute approximate surface area is 115 Å². The molecule has 0 unspecified atom stereocenters. The van der Waals surface area contributed by atoms with E-state index < -0.39 is 6.04 Å². The lowest BCUT2D eigenvalue weighted by molar-refractivity contribution is -0.148. The first-order valence-electron chi connectivity index (χ1n) is 7.30. The Morgan fingerprint density at radius 3 is 2.37 bits per heavy atom. The van der Waals surface area contributed by atoms with E-state index in [2.05, 4.69) is 0 Å². The summed E-state index contributed by atoms with van der Waals surface area (Å²) in [6.07, 6.45) is 4.80. The minimum atomic E-state index is -0.453. The summed E-state index contributed by atoms with van der Waals surface area (Å²) >= 11 is 0. The average Bonchev–Trinajstić information content (AvgIpc) is 2.88. The Bertz CT molecular complexity index is 265. The van der Waals surface area contributed by atoms with Crippen LogP contribution in [0, 0.1) is 0 Å². The van der Waals surface area contributed by atoms with Crippen molar-refractivity contribution in [1.82, 2.24) is 4.90 Å². The minimum absolute atomic E-state index is 0.293. The summed E-state index contributed by atoms with van der Waals surface area (Å²) in [5.74, 6) is -0.293. The highest BCUT2D eigenvalue weighted by Crippen LogP contribution is 2.19. The third-order valence-corrected chi connectivity index (χ3v) is 3.23. The van der Waals surface area contributed by atoms with Crippen LogP contribution in [0.1, 0.15) is 52.4 Å². The molecular formula is C14H25NO4. The van der Waals surface area contributed by atoms with Gasteiger partial charge in [0.1, 0.15) is 6.04 Å². The second-order valence-corrected chi connectivity index (χ2v) is 4.84. The van der Waals surface area contributed by atoms with E-state index in [1.807, 2.05) is 13.8 Å². The Kier molecular flexibility index (Phi) is 7.30. The molecule has 0 radical (unpaired) electrons. The van der Waals surface area contributed by atoms with Gasteiger partial charge in [-0.05, 0) is 25.7 Å². The Morgan fingerprint density at radius 2 is 1.74 bits per heavy atom. The molecule has 1 saturated heterocycles. The molecule has 0 spiro atoms. The van der Waals surface area contributed by atoms with Crippen LogP contribution >= 0.6 is 0 Å². The zero-order valence-corrected chi connectivity index (χ0v) is 12.0. The summed E-state index contributed by atoms with van der Waals surface area (Å²) in [5, 5.41) is 0. The summed E-state index contributed by atoms with van der Waals surface area (Å²) in [4.78, 5) is 25.3. The number of hydrogen-bond acceptors (Lipinski definition) is 4. The first-order chi connectivity index (χ1) is 9.20. The van der Waals surface area contributed by atoms with Crippen LogP contribution in [0.15, 0.2) is 0 Å². The second kappa shape index (κ2) is 8.77. The summed E-state index contributed by atoms with van der Waals surface area (Å²) in [5.41, 5.74) is 0. The van der Waals surface area contributed by atoms with Crippen molar-refractivity contribution in [2.24, 2.45) is 0 Å². The number of nitrogens with zero attached hydrogens (tertiary/aromatic N) is 1. The molecule has 5 nitrogen and oxygen atoms in total. The van der Waals surface area contributed by atoms with Crippen LogP contribution < -0.4 is 0 Å². The number of likely N-dealkylation sites (tertiary alicyclic amines) is 1. The van der Waals surface area contributed by atoms with E-state index in [4.69, 9.17) is 9.47 Å². The van der Waals surface area contributed by atoms with Gasteiger partial charge in [0.25, 0.3) is 0 Å². The van der Waals surface area contributed by atoms with Crippen molar-refractivity contribution in [3.63, 3.8) is 0 Å². The Morgan fingerprint density at radius 1 is 1.11 bits per heavy atom. The smallest absolute Gasteiger partial charge is 0.410 e. The predicted molar refractivity (Wildman–Crippen MR) is 71.9 cm³/mol. The standard InChI is InChI=1S/C14H25NO4/c1-3-5-10-18-13(16)12-8-7-9-15(12)14(17)19-11-6-4-2/h12H,3-11H2,1-2H3/t12-/m0/s1. The fourth-order valence-corrected chi connectivity index (χ4v) is 2.03. The molecule has 0 saturated carbocycles. The van der Waals surface area contributed by atoms with Gasteiger partial charge in [0.05, 0.1) is 13.2 Å². The van der Waals surface area contributed by atoms with Gasteiger partial charge in [-0.25, -0.2) is 9.59 Å². The van der Waals surface area contributed by atoms with Crippen molar-refractivity contribution < 1.29 is 19.1 Å². The van der Waals surface area contributed by atoms with Crippen molar-refractivity contribution in [2.75, 3.05) is 19.8 Å². The SMILES string of the molecule is CCCCOC(=O)[C@@H]1CCCN1C(=O)OCCCC. The van der Waals surface area contributed by atoms with Crippen LogP contribution in [-0.4, -0.2) is 42.8 Å². The van der Waals surface area contributed by atoms with E-state index in [0.717, 1.165) is 32.1 Å². The van der Waals surface area contributed by atoms with Gasteiger partial charge in [-0.1, -0.05) is 26.7 Å².